The summed E-state index contributed by atoms with van der Waals surface area (Å²) in [6.45, 7) is 2.79. The zero-order chi connectivity index (χ0) is 13.2. The average Bonchev–Trinajstić information content (AvgIpc) is 3.09. The number of nitrogen functional groups attached to an aromatic ring is 1. The summed E-state index contributed by atoms with van der Waals surface area (Å²) in [5.74, 6) is 0.674. The molecule has 0 radical (unpaired) electrons. The van der Waals surface area contributed by atoms with Gasteiger partial charge in [0.1, 0.15) is 0 Å². The lowest BCUT2D eigenvalue weighted by molar-refractivity contribution is 0.422. The van der Waals surface area contributed by atoms with Crippen molar-refractivity contribution in [3.05, 3.63) is 29.8 Å². The maximum absolute atomic E-state index is 12.2. The maximum Gasteiger partial charge on any atom is 0.214 e. The number of sulfonamides is 1. The van der Waals surface area contributed by atoms with E-state index in [9.17, 15) is 8.42 Å². The molecule has 0 amide bonds. The van der Waals surface area contributed by atoms with E-state index in [0.717, 1.165) is 18.4 Å². The van der Waals surface area contributed by atoms with E-state index in [0.29, 0.717) is 30.4 Å². The summed E-state index contributed by atoms with van der Waals surface area (Å²) in [7, 11) is -3.13. The van der Waals surface area contributed by atoms with Crippen LogP contribution in [0.2, 0.25) is 0 Å². The highest BCUT2D eigenvalue weighted by Gasteiger charge is 2.31. The third kappa shape index (κ3) is 3.46. The second-order valence-electron chi connectivity index (χ2n) is 4.89. The van der Waals surface area contributed by atoms with Gasteiger partial charge in [0.05, 0.1) is 5.75 Å². The van der Waals surface area contributed by atoms with Crippen LogP contribution in [0.25, 0.3) is 0 Å². The molecule has 0 spiro atoms. The van der Waals surface area contributed by atoms with Crippen molar-refractivity contribution < 1.29 is 8.42 Å². The second-order valence-corrected chi connectivity index (χ2v) is 6.91. The van der Waals surface area contributed by atoms with E-state index in [-0.39, 0.29) is 0 Å². The lowest BCUT2D eigenvalue weighted by Gasteiger charge is -2.20. The number of benzene rings is 1. The van der Waals surface area contributed by atoms with Gasteiger partial charge >= 0.3 is 0 Å². The zero-order valence-corrected chi connectivity index (χ0v) is 11.5. The summed E-state index contributed by atoms with van der Waals surface area (Å²) in [4.78, 5) is 0. The molecule has 0 saturated heterocycles. The number of rotatable bonds is 6. The molecule has 4 nitrogen and oxygen atoms in total. The largest absolute Gasteiger partial charge is 0.399 e. The van der Waals surface area contributed by atoms with E-state index < -0.39 is 10.0 Å². The molecule has 18 heavy (non-hydrogen) atoms. The van der Waals surface area contributed by atoms with E-state index in [1.165, 1.54) is 0 Å². The number of hydrogen-bond donors (Lipinski definition) is 1. The van der Waals surface area contributed by atoms with Gasteiger partial charge in [-0.05, 0) is 36.5 Å². The van der Waals surface area contributed by atoms with Crippen molar-refractivity contribution in [2.45, 2.75) is 26.3 Å². The SMILES string of the molecule is CCN(Cc1cccc(N)c1)S(=O)(=O)CC1CC1. The molecule has 1 aliphatic carbocycles. The van der Waals surface area contributed by atoms with Crippen LogP contribution in [-0.2, 0) is 16.6 Å². The van der Waals surface area contributed by atoms with Gasteiger partial charge in [-0.25, -0.2) is 8.42 Å². The lowest BCUT2D eigenvalue weighted by Crippen LogP contribution is -2.33. The summed E-state index contributed by atoms with van der Waals surface area (Å²) >= 11 is 0. The van der Waals surface area contributed by atoms with Gasteiger partial charge in [0, 0.05) is 18.8 Å². The van der Waals surface area contributed by atoms with Crippen molar-refractivity contribution in [2.75, 3.05) is 18.0 Å². The Balaban J connectivity index is 2.08. The Hall–Kier alpha value is -1.07. The molecule has 1 saturated carbocycles. The van der Waals surface area contributed by atoms with E-state index >= 15 is 0 Å². The standard InChI is InChI=1S/C13H20N2O2S/c1-2-15(18(16,17)10-11-6-7-11)9-12-4-3-5-13(14)8-12/h3-5,8,11H,2,6-7,9-10,14H2,1H3. The topological polar surface area (TPSA) is 63.4 Å². The van der Waals surface area contributed by atoms with Crippen LogP contribution in [0.4, 0.5) is 5.69 Å². The normalized spacial score (nSPS) is 16.1. The highest BCUT2D eigenvalue weighted by Crippen LogP contribution is 2.31. The summed E-state index contributed by atoms with van der Waals surface area (Å²) in [5, 5.41) is 0. The number of hydrogen-bond acceptors (Lipinski definition) is 3. The fourth-order valence-corrected chi connectivity index (χ4v) is 3.87. The molecule has 0 aliphatic heterocycles. The minimum absolute atomic E-state index is 0.295. The average molecular weight is 268 g/mol. The zero-order valence-electron chi connectivity index (χ0n) is 10.7. The highest BCUT2D eigenvalue weighted by atomic mass is 32.2. The molecule has 1 aliphatic rings. The predicted octanol–water partition coefficient (Wildman–Crippen LogP) is 1.83. The van der Waals surface area contributed by atoms with Crippen molar-refractivity contribution in [3.63, 3.8) is 0 Å². The van der Waals surface area contributed by atoms with Crippen LogP contribution in [0.3, 0.4) is 0 Å². The summed E-state index contributed by atoms with van der Waals surface area (Å²) in [5.41, 5.74) is 7.32. The number of nitrogens with zero attached hydrogens (tertiary/aromatic N) is 1. The Morgan fingerprint density at radius 2 is 2.11 bits per heavy atom. The number of anilines is 1. The van der Waals surface area contributed by atoms with Gasteiger partial charge in [-0.1, -0.05) is 19.1 Å². The highest BCUT2D eigenvalue weighted by molar-refractivity contribution is 7.89. The molecule has 1 aromatic carbocycles. The van der Waals surface area contributed by atoms with Crippen LogP contribution >= 0.6 is 0 Å². The molecule has 0 heterocycles. The third-order valence-corrected chi connectivity index (χ3v) is 5.27. The van der Waals surface area contributed by atoms with Gasteiger partial charge in [-0.3, -0.25) is 0 Å². The third-order valence-electron chi connectivity index (χ3n) is 3.20. The molecule has 1 fully saturated rings. The molecule has 5 heteroatoms. The summed E-state index contributed by atoms with van der Waals surface area (Å²) in [6, 6.07) is 7.39. The van der Waals surface area contributed by atoms with E-state index in [4.69, 9.17) is 5.73 Å². The van der Waals surface area contributed by atoms with Crippen LogP contribution in [0, 0.1) is 5.92 Å². The first kappa shape index (κ1) is 13.4. The first-order chi connectivity index (χ1) is 8.51. The minimum atomic E-state index is -3.13. The van der Waals surface area contributed by atoms with Crippen molar-refractivity contribution in [3.8, 4) is 0 Å². The molecule has 100 valence electrons. The van der Waals surface area contributed by atoms with Crippen molar-refractivity contribution in [1.29, 1.82) is 0 Å². The molecule has 0 atom stereocenters. The molecule has 0 unspecified atom stereocenters. The smallest absolute Gasteiger partial charge is 0.214 e. The van der Waals surface area contributed by atoms with Crippen molar-refractivity contribution in [1.82, 2.24) is 4.31 Å². The Morgan fingerprint density at radius 1 is 1.39 bits per heavy atom. The molecule has 2 N–H and O–H groups in total. The van der Waals surface area contributed by atoms with Gasteiger partial charge in [0.2, 0.25) is 10.0 Å². The van der Waals surface area contributed by atoms with Gasteiger partial charge in [-0.15, -0.1) is 0 Å². The quantitative estimate of drug-likeness (QED) is 0.801. The Kier molecular flexibility index (Phi) is 3.92. The first-order valence-corrected chi connectivity index (χ1v) is 7.94. The lowest BCUT2D eigenvalue weighted by atomic mass is 10.2. The predicted molar refractivity (Wildman–Crippen MR) is 73.4 cm³/mol. The van der Waals surface area contributed by atoms with Crippen LogP contribution < -0.4 is 5.73 Å². The maximum atomic E-state index is 12.2. The summed E-state index contributed by atoms with van der Waals surface area (Å²) in [6.07, 6.45) is 2.10. The molecule has 1 aromatic rings. The molecular formula is C13H20N2O2S. The van der Waals surface area contributed by atoms with Crippen LogP contribution in [0.1, 0.15) is 25.3 Å². The van der Waals surface area contributed by atoms with Crippen LogP contribution in [-0.4, -0.2) is 25.0 Å². The molecule has 0 bridgehead atoms. The minimum Gasteiger partial charge on any atom is -0.399 e. The van der Waals surface area contributed by atoms with Crippen molar-refractivity contribution >= 4 is 15.7 Å². The fourth-order valence-electron chi connectivity index (χ4n) is 1.99. The second kappa shape index (κ2) is 5.28. The van der Waals surface area contributed by atoms with E-state index in [2.05, 4.69) is 0 Å². The van der Waals surface area contributed by atoms with Gasteiger partial charge < -0.3 is 5.73 Å². The molecular weight excluding hydrogens is 248 g/mol. The fraction of sp³-hybridized carbons (Fsp3) is 0.538. The van der Waals surface area contributed by atoms with Crippen LogP contribution in [0.15, 0.2) is 24.3 Å². The van der Waals surface area contributed by atoms with Gasteiger partial charge in [-0.2, -0.15) is 4.31 Å². The number of nitrogens with two attached hydrogens (primary N) is 1. The Morgan fingerprint density at radius 3 is 2.67 bits per heavy atom. The molecule has 0 aromatic heterocycles. The Labute approximate surface area is 109 Å². The van der Waals surface area contributed by atoms with E-state index in [1.54, 1.807) is 10.4 Å². The first-order valence-electron chi connectivity index (χ1n) is 6.33. The monoisotopic (exact) mass is 268 g/mol. The van der Waals surface area contributed by atoms with Crippen LogP contribution in [0.5, 0.6) is 0 Å². The Bertz CT molecular complexity index is 509. The van der Waals surface area contributed by atoms with Gasteiger partial charge in [0.25, 0.3) is 0 Å². The molecule has 2 rings (SSSR count). The summed E-state index contributed by atoms with van der Waals surface area (Å²) < 4.78 is 25.9. The van der Waals surface area contributed by atoms with Gasteiger partial charge in [0.15, 0.2) is 0 Å². The van der Waals surface area contributed by atoms with Crippen molar-refractivity contribution in [2.24, 2.45) is 5.92 Å². The van der Waals surface area contributed by atoms with E-state index in [1.807, 2.05) is 25.1 Å².